The number of carbonyl (C=O) groups excluding carboxylic acids is 1. The van der Waals surface area contributed by atoms with Crippen molar-refractivity contribution < 1.29 is 13.9 Å². The molecular formula is C9H9ClFNO2. The summed E-state index contributed by atoms with van der Waals surface area (Å²) >= 11 is 5.73. The summed E-state index contributed by atoms with van der Waals surface area (Å²) < 4.78 is 18.0. The quantitative estimate of drug-likeness (QED) is 0.821. The first-order valence-corrected chi connectivity index (χ1v) is 4.23. The van der Waals surface area contributed by atoms with Gasteiger partial charge in [0.05, 0.1) is 17.7 Å². The molecule has 0 aliphatic rings. The van der Waals surface area contributed by atoms with Crippen LogP contribution < -0.4 is 10.1 Å². The average Bonchev–Trinajstić information content (AvgIpc) is 2.19. The molecule has 1 N–H and O–H groups in total. The standard InChI is InChI=1S/C9H9ClFNO2/c1-12-9(13)5-3-6(10)8(14-2)4-7(5)11/h3-4H,1-2H3,(H,12,13). The Balaban J connectivity index is 3.21. The third-order valence-corrected chi connectivity index (χ3v) is 2.01. The molecule has 0 heterocycles. The van der Waals surface area contributed by atoms with Crippen molar-refractivity contribution in [3.8, 4) is 5.75 Å². The number of nitrogens with one attached hydrogen (secondary N) is 1. The van der Waals surface area contributed by atoms with Gasteiger partial charge in [-0.1, -0.05) is 11.6 Å². The highest BCUT2D eigenvalue weighted by atomic mass is 35.5. The van der Waals surface area contributed by atoms with Gasteiger partial charge in [-0.25, -0.2) is 4.39 Å². The predicted octanol–water partition coefficient (Wildman–Crippen LogP) is 1.85. The summed E-state index contributed by atoms with van der Waals surface area (Å²) in [4.78, 5) is 11.1. The maximum absolute atomic E-state index is 13.3. The number of amides is 1. The van der Waals surface area contributed by atoms with Gasteiger partial charge >= 0.3 is 0 Å². The number of rotatable bonds is 2. The maximum atomic E-state index is 13.3. The molecule has 0 saturated carbocycles. The predicted molar refractivity (Wildman–Crippen MR) is 51.4 cm³/mol. The molecule has 76 valence electrons. The molecule has 0 atom stereocenters. The molecule has 0 aliphatic carbocycles. The molecule has 1 aromatic carbocycles. The molecule has 0 saturated heterocycles. The Kier molecular flexibility index (Phi) is 3.30. The van der Waals surface area contributed by atoms with Crippen molar-refractivity contribution in [2.45, 2.75) is 0 Å². The highest BCUT2D eigenvalue weighted by Gasteiger charge is 2.14. The van der Waals surface area contributed by atoms with Crippen LogP contribution in [0, 0.1) is 5.82 Å². The van der Waals surface area contributed by atoms with Gasteiger partial charge in [-0.15, -0.1) is 0 Å². The summed E-state index contributed by atoms with van der Waals surface area (Å²) in [5.41, 5.74) is -0.0988. The van der Waals surface area contributed by atoms with E-state index in [4.69, 9.17) is 16.3 Å². The maximum Gasteiger partial charge on any atom is 0.254 e. The third kappa shape index (κ3) is 1.96. The number of carbonyl (C=O) groups is 1. The van der Waals surface area contributed by atoms with E-state index in [-0.39, 0.29) is 16.3 Å². The summed E-state index contributed by atoms with van der Waals surface area (Å²) in [5, 5.41) is 2.51. The minimum Gasteiger partial charge on any atom is -0.495 e. The zero-order chi connectivity index (χ0) is 10.7. The van der Waals surface area contributed by atoms with Gasteiger partial charge in [0.15, 0.2) is 0 Å². The number of hydrogen-bond acceptors (Lipinski definition) is 2. The molecule has 1 aromatic rings. The van der Waals surface area contributed by atoms with E-state index in [0.29, 0.717) is 0 Å². The summed E-state index contributed by atoms with van der Waals surface area (Å²) in [7, 11) is 2.79. The number of hydrogen-bond donors (Lipinski definition) is 1. The first-order valence-electron chi connectivity index (χ1n) is 3.85. The highest BCUT2D eigenvalue weighted by molar-refractivity contribution is 6.32. The van der Waals surface area contributed by atoms with Crippen LogP contribution in [-0.4, -0.2) is 20.1 Å². The van der Waals surface area contributed by atoms with Crippen molar-refractivity contribution in [1.29, 1.82) is 0 Å². The van der Waals surface area contributed by atoms with Crippen molar-refractivity contribution in [1.82, 2.24) is 5.32 Å². The molecular weight excluding hydrogens is 209 g/mol. The van der Waals surface area contributed by atoms with Crippen molar-refractivity contribution in [3.05, 3.63) is 28.5 Å². The van der Waals surface area contributed by atoms with Gasteiger partial charge in [-0.2, -0.15) is 0 Å². The molecule has 0 bridgehead atoms. The lowest BCUT2D eigenvalue weighted by atomic mass is 10.2. The van der Waals surface area contributed by atoms with E-state index in [1.165, 1.54) is 20.2 Å². The Morgan fingerprint density at radius 3 is 2.71 bits per heavy atom. The first-order chi connectivity index (χ1) is 6.60. The second kappa shape index (κ2) is 4.28. The average molecular weight is 218 g/mol. The van der Waals surface area contributed by atoms with Crippen molar-refractivity contribution >= 4 is 17.5 Å². The van der Waals surface area contributed by atoms with Crippen molar-refractivity contribution in [2.24, 2.45) is 0 Å². The minimum absolute atomic E-state index is 0.0988. The Hall–Kier alpha value is -1.29. The minimum atomic E-state index is -0.661. The zero-order valence-electron chi connectivity index (χ0n) is 7.73. The van der Waals surface area contributed by atoms with E-state index in [1.54, 1.807) is 0 Å². The van der Waals surface area contributed by atoms with Gasteiger partial charge in [0.2, 0.25) is 0 Å². The monoisotopic (exact) mass is 217 g/mol. The van der Waals surface area contributed by atoms with Crippen LogP contribution >= 0.6 is 11.6 Å². The van der Waals surface area contributed by atoms with Crippen molar-refractivity contribution in [3.63, 3.8) is 0 Å². The molecule has 0 spiro atoms. The summed E-state index contributed by atoms with van der Waals surface area (Å²) in [6.45, 7) is 0. The van der Waals surface area contributed by atoms with E-state index in [9.17, 15) is 9.18 Å². The molecule has 1 amide bonds. The number of halogens is 2. The Morgan fingerprint density at radius 2 is 2.21 bits per heavy atom. The van der Waals surface area contributed by atoms with Gasteiger partial charge in [-0.3, -0.25) is 4.79 Å². The Bertz CT molecular complexity index is 368. The topological polar surface area (TPSA) is 38.3 Å². The van der Waals surface area contributed by atoms with Gasteiger partial charge < -0.3 is 10.1 Å². The van der Waals surface area contributed by atoms with Crippen LogP contribution in [0.2, 0.25) is 5.02 Å². The van der Waals surface area contributed by atoms with Gasteiger partial charge in [-0.05, 0) is 6.07 Å². The highest BCUT2D eigenvalue weighted by Crippen LogP contribution is 2.27. The Morgan fingerprint density at radius 1 is 1.57 bits per heavy atom. The Labute approximate surface area is 85.8 Å². The number of methoxy groups -OCH3 is 1. The molecule has 5 heteroatoms. The van der Waals surface area contributed by atoms with E-state index in [2.05, 4.69) is 5.32 Å². The van der Waals surface area contributed by atoms with Crippen LogP contribution in [0.3, 0.4) is 0 Å². The molecule has 3 nitrogen and oxygen atoms in total. The van der Waals surface area contributed by atoms with Crippen LogP contribution in [-0.2, 0) is 0 Å². The zero-order valence-corrected chi connectivity index (χ0v) is 8.48. The fourth-order valence-corrected chi connectivity index (χ4v) is 1.23. The number of ether oxygens (including phenoxy) is 1. The van der Waals surface area contributed by atoms with Crippen molar-refractivity contribution in [2.75, 3.05) is 14.2 Å². The van der Waals surface area contributed by atoms with Crippen LogP contribution in [0.5, 0.6) is 5.75 Å². The molecule has 1 rings (SSSR count). The summed E-state index contributed by atoms with van der Waals surface area (Å²) in [6, 6.07) is 2.31. The second-order valence-corrected chi connectivity index (χ2v) is 2.95. The molecule has 0 aliphatic heterocycles. The lowest BCUT2D eigenvalue weighted by molar-refractivity contribution is 0.0959. The molecule has 0 radical (unpaired) electrons. The third-order valence-electron chi connectivity index (χ3n) is 1.71. The molecule has 0 aromatic heterocycles. The fraction of sp³-hybridized carbons (Fsp3) is 0.222. The SMILES string of the molecule is CNC(=O)c1cc(Cl)c(OC)cc1F. The lowest BCUT2D eigenvalue weighted by Crippen LogP contribution is -2.19. The summed E-state index contributed by atoms with van der Waals surface area (Å²) in [6.07, 6.45) is 0. The lowest BCUT2D eigenvalue weighted by Gasteiger charge is -2.06. The van der Waals surface area contributed by atoms with E-state index >= 15 is 0 Å². The molecule has 0 unspecified atom stereocenters. The summed E-state index contributed by atoms with van der Waals surface area (Å²) in [5.74, 6) is -0.977. The largest absolute Gasteiger partial charge is 0.495 e. The van der Waals surface area contributed by atoms with Gasteiger partial charge in [0, 0.05) is 13.1 Å². The first kappa shape index (κ1) is 10.8. The van der Waals surface area contributed by atoms with Gasteiger partial charge in [0.25, 0.3) is 5.91 Å². The second-order valence-electron chi connectivity index (χ2n) is 2.55. The normalized spacial score (nSPS) is 9.71. The molecule has 0 fully saturated rings. The van der Waals surface area contributed by atoms with Gasteiger partial charge in [0.1, 0.15) is 11.6 Å². The van der Waals surface area contributed by atoms with E-state index in [0.717, 1.165) is 6.07 Å². The number of benzene rings is 1. The van der Waals surface area contributed by atoms with Crippen LogP contribution in [0.25, 0.3) is 0 Å². The molecule has 14 heavy (non-hydrogen) atoms. The van der Waals surface area contributed by atoms with E-state index < -0.39 is 11.7 Å². The smallest absolute Gasteiger partial charge is 0.254 e. The van der Waals surface area contributed by atoms with E-state index in [1.807, 2.05) is 0 Å². The van der Waals surface area contributed by atoms with Crippen LogP contribution in [0.4, 0.5) is 4.39 Å². The van der Waals surface area contributed by atoms with Crippen LogP contribution in [0.15, 0.2) is 12.1 Å². The van der Waals surface area contributed by atoms with Crippen LogP contribution in [0.1, 0.15) is 10.4 Å². The fourth-order valence-electron chi connectivity index (χ4n) is 0.994.